The van der Waals surface area contributed by atoms with E-state index in [4.69, 9.17) is 21.4 Å². The molecule has 0 fully saturated rings. The highest BCUT2D eigenvalue weighted by atomic mass is 35.5. The third kappa shape index (κ3) is 4.34. The number of hydrogen-bond donors (Lipinski definition) is 3. The second-order valence-corrected chi connectivity index (χ2v) is 4.63. The van der Waals surface area contributed by atoms with Gasteiger partial charge in [-0.2, -0.15) is 0 Å². The summed E-state index contributed by atoms with van der Waals surface area (Å²) in [4.78, 5) is 26.0. The molecule has 0 aliphatic carbocycles. The number of carbonyl (C=O) groups excluding carboxylic acids is 1. The van der Waals surface area contributed by atoms with Gasteiger partial charge in [0.15, 0.2) is 12.4 Å². The molecule has 2 rings (SSSR count). The van der Waals surface area contributed by atoms with Crippen LogP contribution in [0.3, 0.4) is 0 Å². The van der Waals surface area contributed by atoms with Gasteiger partial charge < -0.3 is 20.1 Å². The molecule has 1 heterocycles. The Balaban J connectivity index is 1.92. The minimum absolute atomic E-state index is 0.0125. The van der Waals surface area contributed by atoms with Crippen LogP contribution in [0.25, 0.3) is 0 Å². The molecule has 0 unspecified atom stereocenters. The van der Waals surface area contributed by atoms with E-state index in [0.29, 0.717) is 16.4 Å². The highest BCUT2D eigenvalue weighted by molar-refractivity contribution is 6.30. The molecular formula is C14H13ClN2O4. The number of anilines is 1. The van der Waals surface area contributed by atoms with E-state index < -0.39 is 11.3 Å². The van der Waals surface area contributed by atoms with E-state index in [2.05, 4.69) is 10.3 Å². The lowest BCUT2D eigenvalue weighted by atomic mass is 10.3. The number of amides is 1. The van der Waals surface area contributed by atoms with E-state index in [0.717, 1.165) is 0 Å². The lowest BCUT2D eigenvalue weighted by Gasteiger charge is -2.07. The fourth-order valence-electron chi connectivity index (χ4n) is 1.58. The summed E-state index contributed by atoms with van der Waals surface area (Å²) in [7, 11) is 0. The first-order valence-electron chi connectivity index (χ1n) is 6.09. The van der Waals surface area contributed by atoms with E-state index in [1.165, 1.54) is 12.3 Å². The molecule has 21 heavy (non-hydrogen) atoms. The van der Waals surface area contributed by atoms with Crippen molar-refractivity contribution in [2.45, 2.75) is 6.61 Å². The van der Waals surface area contributed by atoms with Crippen LogP contribution in [0.1, 0.15) is 5.69 Å². The van der Waals surface area contributed by atoms with Crippen molar-refractivity contribution in [3.63, 3.8) is 0 Å². The van der Waals surface area contributed by atoms with E-state index >= 15 is 0 Å². The highest BCUT2D eigenvalue weighted by Gasteiger charge is 2.07. The van der Waals surface area contributed by atoms with Gasteiger partial charge in [0.05, 0.1) is 6.61 Å². The van der Waals surface area contributed by atoms with Gasteiger partial charge in [-0.05, 0) is 24.3 Å². The van der Waals surface area contributed by atoms with E-state index in [9.17, 15) is 9.59 Å². The van der Waals surface area contributed by atoms with Crippen LogP contribution in [-0.4, -0.2) is 22.6 Å². The van der Waals surface area contributed by atoms with Crippen molar-refractivity contribution in [3.05, 3.63) is 57.5 Å². The molecule has 0 bridgehead atoms. The summed E-state index contributed by atoms with van der Waals surface area (Å²) < 4.78 is 5.13. The quantitative estimate of drug-likeness (QED) is 0.781. The molecule has 0 radical (unpaired) electrons. The summed E-state index contributed by atoms with van der Waals surface area (Å²) in [6, 6.07) is 7.82. The number of nitrogens with one attached hydrogen (secondary N) is 2. The summed E-state index contributed by atoms with van der Waals surface area (Å²) in [5, 5.41) is 12.0. The van der Waals surface area contributed by atoms with Crippen molar-refractivity contribution in [1.29, 1.82) is 0 Å². The number of aliphatic hydroxyl groups is 1. The number of aromatic nitrogens is 1. The molecule has 1 amide bonds. The van der Waals surface area contributed by atoms with Crippen LogP contribution < -0.4 is 15.5 Å². The number of aromatic amines is 1. The predicted octanol–water partition coefficient (Wildman–Crippen LogP) is 1.54. The number of rotatable bonds is 5. The molecule has 0 saturated carbocycles. The van der Waals surface area contributed by atoms with Crippen LogP contribution in [-0.2, 0) is 11.4 Å². The number of carbonyl (C=O) groups is 1. The van der Waals surface area contributed by atoms with Crippen molar-refractivity contribution in [2.24, 2.45) is 0 Å². The largest absolute Gasteiger partial charge is 0.478 e. The van der Waals surface area contributed by atoms with Crippen LogP contribution in [0.15, 0.2) is 41.3 Å². The van der Waals surface area contributed by atoms with Gasteiger partial charge in [-0.3, -0.25) is 9.59 Å². The lowest BCUT2D eigenvalue weighted by Crippen LogP contribution is -2.22. The number of halogens is 1. The van der Waals surface area contributed by atoms with Gasteiger partial charge in [-0.1, -0.05) is 11.6 Å². The van der Waals surface area contributed by atoms with E-state index in [-0.39, 0.29) is 19.0 Å². The van der Waals surface area contributed by atoms with Crippen molar-refractivity contribution in [2.75, 3.05) is 11.9 Å². The van der Waals surface area contributed by atoms with Gasteiger partial charge in [0, 0.05) is 28.7 Å². The summed E-state index contributed by atoms with van der Waals surface area (Å²) in [6.07, 6.45) is 1.31. The molecule has 2 aromatic rings. The normalized spacial score (nSPS) is 10.2. The Labute approximate surface area is 125 Å². The third-order valence-corrected chi connectivity index (χ3v) is 2.85. The first-order valence-corrected chi connectivity index (χ1v) is 6.47. The minimum Gasteiger partial charge on any atom is -0.478 e. The summed E-state index contributed by atoms with van der Waals surface area (Å²) in [6.45, 7) is -0.573. The maximum atomic E-state index is 11.7. The fraction of sp³-hybridized carbons (Fsp3) is 0.143. The molecule has 6 nitrogen and oxygen atoms in total. The van der Waals surface area contributed by atoms with Crippen LogP contribution in [0.4, 0.5) is 5.69 Å². The van der Waals surface area contributed by atoms with Crippen LogP contribution in [0.2, 0.25) is 5.02 Å². The Morgan fingerprint density at radius 3 is 2.67 bits per heavy atom. The Morgan fingerprint density at radius 2 is 2.05 bits per heavy atom. The smallest absolute Gasteiger partial charge is 0.262 e. The van der Waals surface area contributed by atoms with Gasteiger partial charge in [-0.25, -0.2) is 0 Å². The molecule has 0 spiro atoms. The summed E-state index contributed by atoms with van der Waals surface area (Å²) >= 11 is 5.74. The zero-order chi connectivity index (χ0) is 15.2. The summed E-state index contributed by atoms with van der Waals surface area (Å²) in [5.74, 6) is -0.388. The molecule has 0 aliphatic heterocycles. The van der Waals surface area contributed by atoms with Crippen LogP contribution >= 0.6 is 11.6 Å². The number of pyridine rings is 1. The fourth-order valence-corrected chi connectivity index (χ4v) is 1.70. The average Bonchev–Trinajstić information content (AvgIpc) is 2.48. The number of H-pyrrole nitrogens is 1. The molecule has 7 heteroatoms. The number of hydrogen-bond acceptors (Lipinski definition) is 4. The van der Waals surface area contributed by atoms with Crippen LogP contribution in [0.5, 0.6) is 5.75 Å². The minimum atomic E-state index is -0.405. The molecule has 1 aromatic carbocycles. The monoisotopic (exact) mass is 308 g/mol. The van der Waals surface area contributed by atoms with E-state index in [1.807, 2.05) is 0 Å². The molecule has 0 atom stereocenters. The van der Waals surface area contributed by atoms with Crippen LogP contribution in [0, 0.1) is 0 Å². The van der Waals surface area contributed by atoms with E-state index in [1.54, 1.807) is 24.3 Å². The number of aliphatic hydroxyl groups excluding tert-OH is 1. The van der Waals surface area contributed by atoms with Gasteiger partial charge >= 0.3 is 0 Å². The zero-order valence-corrected chi connectivity index (χ0v) is 11.7. The molecule has 110 valence electrons. The van der Waals surface area contributed by atoms with Gasteiger partial charge in [0.1, 0.15) is 0 Å². The highest BCUT2D eigenvalue weighted by Crippen LogP contribution is 2.13. The SMILES string of the molecule is O=C(COc1c[nH]c(CO)cc1=O)Nc1ccc(Cl)cc1. The average molecular weight is 309 g/mol. The van der Waals surface area contributed by atoms with Crippen molar-refractivity contribution in [1.82, 2.24) is 4.98 Å². The number of ether oxygens (including phenoxy) is 1. The molecular weight excluding hydrogens is 296 g/mol. The number of benzene rings is 1. The Bertz CT molecular complexity index is 682. The predicted molar refractivity (Wildman–Crippen MR) is 78.6 cm³/mol. The zero-order valence-electron chi connectivity index (χ0n) is 10.9. The Hall–Kier alpha value is -2.31. The van der Waals surface area contributed by atoms with Gasteiger partial charge in [-0.15, -0.1) is 0 Å². The van der Waals surface area contributed by atoms with Gasteiger partial charge in [0.2, 0.25) is 5.43 Å². The van der Waals surface area contributed by atoms with Crippen molar-refractivity contribution < 1.29 is 14.6 Å². The molecule has 1 aromatic heterocycles. The standard InChI is InChI=1S/C14H13ClN2O4/c15-9-1-3-10(4-2-9)17-14(20)8-21-13-6-16-11(7-18)5-12(13)19/h1-6,18H,7-8H2,(H,16,19)(H,17,20). The lowest BCUT2D eigenvalue weighted by molar-refractivity contribution is -0.118. The van der Waals surface area contributed by atoms with Crippen molar-refractivity contribution >= 4 is 23.2 Å². The van der Waals surface area contributed by atoms with Gasteiger partial charge in [0.25, 0.3) is 5.91 Å². The topological polar surface area (TPSA) is 91.4 Å². The maximum Gasteiger partial charge on any atom is 0.262 e. The molecule has 0 saturated heterocycles. The summed E-state index contributed by atoms with van der Waals surface area (Å²) in [5.41, 5.74) is 0.549. The first-order chi connectivity index (χ1) is 10.1. The third-order valence-electron chi connectivity index (χ3n) is 2.59. The Morgan fingerprint density at radius 1 is 1.33 bits per heavy atom. The second-order valence-electron chi connectivity index (χ2n) is 4.19. The van der Waals surface area contributed by atoms with Crippen molar-refractivity contribution in [3.8, 4) is 5.75 Å². The second kappa shape index (κ2) is 6.92. The Kier molecular flexibility index (Phi) is 4.97. The molecule has 0 aliphatic rings. The molecule has 3 N–H and O–H groups in total. The first kappa shape index (κ1) is 15.1. The maximum absolute atomic E-state index is 11.7.